The van der Waals surface area contributed by atoms with Gasteiger partial charge < -0.3 is 10.1 Å². The standard InChI is InChI=1S/C16H15F2NO/c1-10-6-7-13(17)16(15(10)18)19-9-12-8-11-4-2-3-5-14(11)20-12/h2-7,12,19H,8-9H2,1H3. The second-order valence-corrected chi connectivity index (χ2v) is 4.99. The molecule has 0 saturated heterocycles. The zero-order valence-corrected chi connectivity index (χ0v) is 11.1. The summed E-state index contributed by atoms with van der Waals surface area (Å²) in [6.45, 7) is 1.98. The molecule has 1 aliphatic heterocycles. The van der Waals surface area contributed by atoms with E-state index in [-0.39, 0.29) is 11.8 Å². The number of ether oxygens (including phenoxy) is 1. The Morgan fingerprint density at radius 2 is 2.00 bits per heavy atom. The van der Waals surface area contributed by atoms with Crippen molar-refractivity contribution in [3.05, 3.63) is 59.2 Å². The third-order valence-electron chi connectivity index (χ3n) is 3.50. The minimum absolute atomic E-state index is 0.0791. The summed E-state index contributed by atoms with van der Waals surface area (Å²) in [5.74, 6) is -0.270. The van der Waals surface area contributed by atoms with Gasteiger partial charge in [0.25, 0.3) is 0 Å². The molecule has 0 fully saturated rings. The third-order valence-corrected chi connectivity index (χ3v) is 3.50. The largest absolute Gasteiger partial charge is 0.488 e. The summed E-state index contributed by atoms with van der Waals surface area (Å²) >= 11 is 0. The number of hydrogen-bond acceptors (Lipinski definition) is 2. The van der Waals surface area contributed by atoms with Gasteiger partial charge in [-0.2, -0.15) is 0 Å². The molecule has 4 heteroatoms. The third kappa shape index (κ3) is 2.33. The van der Waals surface area contributed by atoms with Crippen LogP contribution in [0.2, 0.25) is 0 Å². The fourth-order valence-electron chi connectivity index (χ4n) is 2.40. The van der Waals surface area contributed by atoms with Crippen LogP contribution < -0.4 is 10.1 Å². The van der Waals surface area contributed by atoms with E-state index in [1.807, 2.05) is 24.3 Å². The van der Waals surface area contributed by atoms with Gasteiger partial charge in [0, 0.05) is 6.42 Å². The molecule has 1 heterocycles. The van der Waals surface area contributed by atoms with Gasteiger partial charge in [0.1, 0.15) is 23.4 Å². The topological polar surface area (TPSA) is 21.3 Å². The molecule has 0 radical (unpaired) electrons. The average molecular weight is 275 g/mol. The number of halogens is 2. The Bertz CT molecular complexity index is 617. The lowest BCUT2D eigenvalue weighted by Crippen LogP contribution is -2.24. The molecule has 20 heavy (non-hydrogen) atoms. The number of fused-ring (bicyclic) bond motifs is 1. The monoisotopic (exact) mass is 275 g/mol. The van der Waals surface area contributed by atoms with Crippen LogP contribution in [0.1, 0.15) is 11.1 Å². The summed E-state index contributed by atoms with van der Waals surface area (Å²) in [4.78, 5) is 0. The van der Waals surface area contributed by atoms with E-state index in [4.69, 9.17) is 4.74 Å². The number of rotatable bonds is 3. The van der Waals surface area contributed by atoms with E-state index in [1.165, 1.54) is 12.1 Å². The fraction of sp³-hybridized carbons (Fsp3) is 0.250. The first-order valence-electron chi connectivity index (χ1n) is 6.58. The predicted molar refractivity (Wildman–Crippen MR) is 74.1 cm³/mol. The quantitative estimate of drug-likeness (QED) is 0.922. The van der Waals surface area contributed by atoms with Crippen molar-refractivity contribution < 1.29 is 13.5 Å². The molecule has 2 nitrogen and oxygen atoms in total. The molecule has 104 valence electrons. The summed E-state index contributed by atoms with van der Waals surface area (Å²) in [6, 6.07) is 10.5. The zero-order valence-electron chi connectivity index (χ0n) is 11.1. The first-order chi connectivity index (χ1) is 9.65. The van der Waals surface area contributed by atoms with Gasteiger partial charge in [0.2, 0.25) is 0 Å². The molecule has 2 aromatic carbocycles. The normalized spacial score (nSPS) is 16.6. The lowest BCUT2D eigenvalue weighted by Gasteiger charge is -2.14. The zero-order chi connectivity index (χ0) is 14.1. The molecule has 3 rings (SSSR count). The minimum atomic E-state index is -0.580. The smallest absolute Gasteiger partial charge is 0.152 e. The number of nitrogens with one attached hydrogen (secondary N) is 1. The molecular formula is C16H15F2NO. The number of hydrogen-bond donors (Lipinski definition) is 1. The maximum absolute atomic E-state index is 13.9. The Hall–Kier alpha value is -2.10. The number of benzene rings is 2. The second-order valence-electron chi connectivity index (χ2n) is 4.99. The van der Waals surface area contributed by atoms with Crippen LogP contribution in [0.3, 0.4) is 0 Å². The van der Waals surface area contributed by atoms with E-state index in [9.17, 15) is 8.78 Å². The first-order valence-corrected chi connectivity index (χ1v) is 6.58. The van der Waals surface area contributed by atoms with Gasteiger partial charge in [0.15, 0.2) is 5.82 Å². The molecule has 0 aliphatic carbocycles. The van der Waals surface area contributed by atoms with Crippen LogP contribution >= 0.6 is 0 Å². The molecule has 0 spiro atoms. The van der Waals surface area contributed by atoms with Crippen LogP contribution in [0.5, 0.6) is 5.75 Å². The number of aryl methyl sites for hydroxylation is 1. The molecular weight excluding hydrogens is 260 g/mol. The van der Waals surface area contributed by atoms with Crippen LogP contribution in [-0.2, 0) is 6.42 Å². The van der Waals surface area contributed by atoms with Crippen molar-refractivity contribution in [3.8, 4) is 5.75 Å². The molecule has 1 unspecified atom stereocenters. The Balaban J connectivity index is 1.69. The lowest BCUT2D eigenvalue weighted by molar-refractivity contribution is 0.246. The molecule has 0 saturated carbocycles. The van der Waals surface area contributed by atoms with Crippen molar-refractivity contribution in [1.82, 2.24) is 0 Å². The SMILES string of the molecule is Cc1ccc(F)c(NCC2Cc3ccccc3O2)c1F. The summed E-state index contributed by atoms with van der Waals surface area (Å²) in [7, 11) is 0. The molecule has 1 N–H and O–H groups in total. The molecule has 0 bridgehead atoms. The summed E-state index contributed by atoms with van der Waals surface area (Å²) in [5.41, 5.74) is 1.47. The van der Waals surface area contributed by atoms with Crippen molar-refractivity contribution in [1.29, 1.82) is 0 Å². The predicted octanol–water partition coefficient (Wildman–Crippen LogP) is 3.69. The van der Waals surface area contributed by atoms with Crippen molar-refractivity contribution in [2.45, 2.75) is 19.4 Å². The lowest BCUT2D eigenvalue weighted by atomic mass is 10.1. The maximum Gasteiger partial charge on any atom is 0.152 e. The van der Waals surface area contributed by atoms with Crippen LogP contribution in [0.25, 0.3) is 0 Å². The number of para-hydroxylation sites is 1. The molecule has 0 amide bonds. The highest BCUT2D eigenvalue weighted by molar-refractivity contribution is 5.49. The van der Waals surface area contributed by atoms with E-state index >= 15 is 0 Å². The molecule has 1 atom stereocenters. The van der Waals surface area contributed by atoms with Gasteiger partial charge >= 0.3 is 0 Å². The van der Waals surface area contributed by atoms with Crippen molar-refractivity contribution >= 4 is 5.69 Å². The first kappa shape index (κ1) is 12.9. The molecule has 2 aromatic rings. The van der Waals surface area contributed by atoms with Gasteiger partial charge in [-0.05, 0) is 30.2 Å². The van der Waals surface area contributed by atoms with Gasteiger partial charge in [-0.3, -0.25) is 0 Å². The van der Waals surface area contributed by atoms with E-state index in [1.54, 1.807) is 6.92 Å². The van der Waals surface area contributed by atoms with Gasteiger partial charge in [-0.15, -0.1) is 0 Å². The van der Waals surface area contributed by atoms with Gasteiger partial charge in [-0.25, -0.2) is 8.78 Å². The second kappa shape index (κ2) is 5.12. The number of anilines is 1. The highest BCUT2D eigenvalue weighted by Crippen LogP contribution is 2.29. The van der Waals surface area contributed by atoms with Gasteiger partial charge in [-0.1, -0.05) is 24.3 Å². The Labute approximate surface area is 116 Å². The van der Waals surface area contributed by atoms with Crippen LogP contribution in [0, 0.1) is 18.6 Å². The van der Waals surface area contributed by atoms with Crippen LogP contribution in [0.15, 0.2) is 36.4 Å². The van der Waals surface area contributed by atoms with E-state index in [0.717, 1.165) is 17.7 Å². The van der Waals surface area contributed by atoms with Crippen molar-refractivity contribution in [3.63, 3.8) is 0 Å². The fourth-order valence-corrected chi connectivity index (χ4v) is 2.40. The van der Waals surface area contributed by atoms with Crippen LogP contribution in [-0.4, -0.2) is 12.6 Å². The summed E-state index contributed by atoms with van der Waals surface area (Å²) < 4.78 is 33.2. The summed E-state index contributed by atoms with van der Waals surface area (Å²) in [5, 5.41) is 2.82. The van der Waals surface area contributed by atoms with Gasteiger partial charge in [0.05, 0.1) is 6.54 Å². The van der Waals surface area contributed by atoms with E-state index in [0.29, 0.717) is 12.1 Å². The van der Waals surface area contributed by atoms with E-state index < -0.39 is 11.6 Å². The Morgan fingerprint density at radius 3 is 2.80 bits per heavy atom. The highest BCUT2D eigenvalue weighted by Gasteiger charge is 2.23. The molecule has 0 aromatic heterocycles. The maximum atomic E-state index is 13.9. The minimum Gasteiger partial charge on any atom is -0.488 e. The summed E-state index contributed by atoms with van der Waals surface area (Å²) in [6.07, 6.45) is 0.643. The average Bonchev–Trinajstić information content (AvgIpc) is 2.86. The van der Waals surface area contributed by atoms with Crippen LogP contribution in [0.4, 0.5) is 14.5 Å². The highest BCUT2D eigenvalue weighted by atomic mass is 19.1. The molecule has 1 aliphatic rings. The van der Waals surface area contributed by atoms with E-state index in [2.05, 4.69) is 5.32 Å². The van der Waals surface area contributed by atoms with Crippen molar-refractivity contribution in [2.75, 3.05) is 11.9 Å². The Kier molecular flexibility index (Phi) is 3.30. The van der Waals surface area contributed by atoms with Crippen molar-refractivity contribution in [2.24, 2.45) is 0 Å². The Morgan fingerprint density at radius 1 is 1.20 bits per heavy atom.